The van der Waals surface area contributed by atoms with Crippen LogP contribution in [0.5, 0.6) is 11.5 Å². The zero-order valence-electron chi connectivity index (χ0n) is 32.0. The molecule has 13 heteroatoms. The van der Waals surface area contributed by atoms with Crippen molar-refractivity contribution in [2.24, 2.45) is 22.9 Å². The predicted octanol–water partition coefficient (Wildman–Crippen LogP) is 7.45. The molecule has 1 saturated carbocycles. The molecule has 0 radical (unpaired) electrons. The lowest BCUT2D eigenvalue weighted by Gasteiger charge is -2.60. The average Bonchev–Trinajstić information content (AvgIpc) is 3.21. The maximum Gasteiger partial charge on any atom is 0.269 e. The van der Waals surface area contributed by atoms with E-state index in [-0.39, 0.29) is 62.0 Å². The van der Waals surface area contributed by atoms with Crippen molar-refractivity contribution in [3.05, 3.63) is 130 Å². The highest BCUT2D eigenvalue weighted by Gasteiger charge is 2.65. The van der Waals surface area contributed by atoms with Crippen molar-refractivity contribution >= 4 is 23.4 Å². The summed E-state index contributed by atoms with van der Waals surface area (Å²) in [6, 6.07) is 15.9. The number of nitrogens with zero attached hydrogens (tertiary/aromatic N) is 3. The van der Waals surface area contributed by atoms with Crippen molar-refractivity contribution in [3.8, 4) is 11.5 Å². The van der Waals surface area contributed by atoms with E-state index in [1.807, 2.05) is 0 Å². The molecule has 57 heavy (non-hydrogen) atoms. The Labute approximate surface area is 331 Å². The molecule has 0 spiro atoms. The van der Waals surface area contributed by atoms with E-state index < -0.39 is 34.4 Å². The number of amides is 1. The van der Waals surface area contributed by atoms with Gasteiger partial charge in [-0.2, -0.15) is 0 Å². The molecule has 6 atom stereocenters. The fourth-order valence-electron chi connectivity index (χ4n) is 8.87. The fraction of sp³-hybridized carbons (Fsp3) is 0.409. The first kappa shape index (κ1) is 41.3. The molecule has 1 aliphatic heterocycles. The molecule has 6 rings (SSSR count). The molecule has 3 aromatic rings. The second-order valence-electron chi connectivity index (χ2n) is 14.8. The molecule has 0 unspecified atom stereocenters. The van der Waals surface area contributed by atoms with Gasteiger partial charge >= 0.3 is 0 Å². The summed E-state index contributed by atoms with van der Waals surface area (Å²) in [6.07, 6.45) is 11.2. The van der Waals surface area contributed by atoms with Gasteiger partial charge in [0.1, 0.15) is 30.5 Å². The van der Waals surface area contributed by atoms with Gasteiger partial charge in [0.05, 0.1) is 23.2 Å². The minimum absolute atomic E-state index is 0.0222. The summed E-state index contributed by atoms with van der Waals surface area (Å²) < 4.78 is 28.2. The van der Waals surface area contributed by atoms with Gasteiger partial charge in [0.15, 0.2) is 0 Å². The number of aromatic hydroxyl groups is 1. The highest BCUT2D eigenvalue weighted by Crippen LogP contribution is 2.62. The van der Waals surface area contributed by atoms with Crippen molar-refractivity contribution in [2.45, 2.75) is 69.2 Å². The second-order valence-corrected chi connectivity index (χ2v) is 14.8. The molecule has 0 aromatic heterocycles. The number of carbonyl (C=O) groups excluding carboxylic acids is 1. The van der Waals surface area contributed by atoms with Gasteiger partial charge in [-0.05, 0) is 103 Å². The molecular formula is C44H50FN3O9. The van der Waals surface area contributed by atoms with Gasteiger partial charge in [-0.3, -0.25) is 14.9 Å². The molecule has 1 amide bonds. The van der Waals surface area contributed by atoms with Crippen LogP contribution in [0.25, 0.3) is 6.08 Å². The first-order chi connectivity index (χ1) is 27.6. The van der Waals surface area contributed by atoms with Crippen LogP contribution < -0.4 is 4.74 Å². The van der Waals surface area contributed by atoms with Gasteiger partial charge in [-0.1, -0.05) is 42.3 Å². The van der Waals surface area contributed by atoms with E-state index in [0.717, 1.165) is 36.8 Å². The summed E-state index contributed by atoms with van der Waals surface area (Å²) in [5, 5.41) is 46.3. The Morgan fingerprint density at radius 1 is 1.07 bits per heavy atom. The van der Waals surface area contributed by atoms with Crippen LogP contribution in [-0.4, -0.2) is 75.5 Å². The standard InChI is InChI=1S/C44H50FN3O9/c1-3-24-56-44-40(47(28-30-10-15-32(45)16-11-30)41(52)21-14-29-12-17-33(18-13-29)48(53)54)27-38(46-55-2)36-25-31(8-4-6-22-49)35(9-5-7-23-50)42(43(36)44)37-26-34(51)19-20-39(37)57-44/h3,10-21,25-26,31,35,40,42-43,49-51H,1,4-9,22-24,27-28H2,2H3/t31-,35+,40-,42+,43+,44+/m0/s1. The van der Waals surface area contributed by atoms with Gasteiger partial charge in [-0.15, -0.1) is 6.58 Å². The molecule has 2 aliphatic carbocycles. The summed E-state index contributed by atoms with van der Waals surface area (Å²) in [7, 11) is 1.47. The largest absolute Gasteiger partial charge is 0.508 e. The normalized spacial score (nSPS) is 24.2. The lowest BCUT2D eigenvalue weighted by Crippen LogP contribution is -2.70. The monoisotopic (exact) mass is 783 g/mol. The van der Waals surface area contributed by atoms with Crippen LogP contribution in [0.2, 0.25) is 0 Å². The van der Waals surface area contributed by atoms with Gasteiger partial charge < -0.3 is 34.5 Å². The molecule has 12 nitrogen and oxygen atoms in total. The number of halogens is 1. The van der Waals surface area contributed by atoms with Crippen molar-refractivity contribution in [1.29, 1.82) is 0 Å². The van der Waals surface area contributed by atoms with Crippen molar-refractivity contribution in [3.63, 3.8) is 0 Å². The summed E-state index contributed by atoms with van der Waals surface area (Å²) in [5.41, 5.74) is 3.36. The van der Waals surface area contributed by atoms with Gasteiger partial charge in [0.25, 0.3) is 5.69 Å². The molecule has 3 N–H and O–H groups in total. The molecule has 1 heterocycles. The number of nitro benzene ring substituents is 1. The summed E-state index contributed by atoms with van der Waals surface area (Å²) in [6.45, 7) is 4.15. The zero-order chi connectivity index (χ0) is 40.5. The van der Waals surface area contributed by atoms with Crippen molar-refractivity contribution < 1.29 is 43.7 Å². The quantitative estimate of drug-likeness (QED) is 0.0391. The third-order valence-corrected chi connectivity index (χ3v) is 11.3. The Balaban J connectivity index is 1.56. The van der Waals surface area contributed by atoms with Crippen molar-refractivity contribution in [1.82, 2.24) is 4.90 Å². The number of aliphatic hydroxyl groups excluding tert-OH is 2. The van der Waals surface area contributed by atoms with Crippen LogP contribution in [0, 0.1) is 33.7 Å². The third kappa shape index (κ3) is 8.96. The molecule has 302 valence electrons. The lowest BCUT2D eigenvalue weighted by molar-refractivity contribution is -0.384. The number of oxime groups is 1. The summed E-state index contributed by atoms with van der Waals surface area (Å²) in [5.74, 6) is -2.71. The average molecular weight is 784 g/mol. The number of non-ortho nitro benzene ring substituents is 1. The predicted molar refractivity (Wildman–Crippen MR) is 213 cm³/mol. The second kappa shape index (κ2) is 18.7. The number of benzene rings is 3. The molecule has 3 aliphatic rings. The van der Waals surface area contributed by atoms with Crippen LogP contribution in [0.15, 0.2) is 102 Å². The van der Waals surface area contributed by atoms with Crippen LogP contribution in [0.1, 0.15) is 67.6 Å². The Bertz CT molecular complexity index is 1980. The number of ether oxygens (including phenoxy) is 2. The van der Waals surface area contributed by atoms with Gasteiger partial charge in [-0.25, -0.2) is 4.39 Å². The Morgan fingerprint density at radius 3 is 2.46 bits per heavy atom. The number of phenols is 1. The number of hydrogen-bond acceptors (Lipinski definition) is 10. The number of fused-ring (bicyclic) bond motifs is 2. The van der Waals surface area contributed by atoms with Crippen LogP contribution in [-0.2, 0) is 20.9 Å². The van der Waals surface area contributed by atoms with E-state index in [2.05, 4.69) is 17.8 Å². The number of unbranched alkanes of at least 4 members (excludes halogenated alkanes) is 2. The number of nitro groups is 1. The number of rotatable bonds is 18. The number of hydrogen-bond donors (Lipinski definition) is 3. The lowest BCUT2D eigenvalue weighted by atomic mass is 9.55. The first-order valence-corrected chi connectivity index (χ1v) is 19.4. The third-order valence-electron chi connectivity index (χ3n) is 11.3. The number of phenolic OH excluding ortho intramolecular Hbond substituents is 1. The minimum atomic E-state index is -1.54. The van der Waals surface area contributed by atoms with Gasteiger partial charge in [0.2, 0.25) is 11.7 Å². The molecular weight excluding hydrogens is 733 g/mol. The van der Waals surface area contributed by atoms with Crippen LogP contribution in [0.4, 0.5) is 10.1 Å². The molecule has 3 aromatic carbocycles. The van der Waals surface area contributed by atoms with E-state index in [1.165, 1.54) is 37.5 Å². The van der Waals surface area contributed by atoms with Gasteiger partial charge in [0, 0.05) is 55.9 Å². The SMILES string of the molecule is C=CCO[C@@]12Oc3ccc(O)cc3[C@H]3[C@H](CCCCO)[C@@H](CCCCO)C=C(C(=NOC)C[C@@H]1N(Cc1ccc(F)cc1)C(=O)C=Cc1ccc([N+](=O)[O-])cc1)[C@H]32. The number of aliphatic hydroxyl groups is 2. The van der Waals surface area contributed by atoms with Crippen molar-refractivity contribution in [2.75, 3.05) is 26.9 Å². The summed E-state index contributed by atoms with van der Waals surface area (Å²) in [4.78, 5) is 32.7. The fourth-order valence-corrected chi connectivity index (χ4v) is 8.87. The summed E-state index contributed by atoms with van der Waals surface area (Å²) >= 11 is 0. The Kier molecular flexibility index (Phi) is 13.6. The zero-order valence-corrected chi connectivity index (χ0v) is 32.0. The van der Waals surface area contributed by atoms with Crippen LogP contribution >= 0.6 is 0 Å². The van der Waals surface area contributed by atoms with Crippen LogP contribution in [0.3, 0.4) is 0 Å². The topological polar surface area (TPSA) is 164 Å². The van der Waals surface area contributed by atoms with E-state index in [1.54, 1.807) is 59.5 Å². The Morgan fingerprint density at radius 2 is 1.79 bits per heavy atom. The maximum absolute atomic E-state index is 14.8. The first-order valence-electron chi connectivity index (χ1n) is 19.4. The maximum atomic E-state index is 14.8. The minimum Gasteiger partial charge on any atom is -0.508 e. The van der Waals surface area contributed by atoms with E-state index >= 15 is 0 Å². The smallest absolute Gasteiger partial charge is 0.269 e. The number of allylic oxidation sites excluding steroid dienone is 1. The highest BCUT2D eigenvalue weighted by molar-refractivity contribution is 6.03. The molecule has 0 bridgehead atoms. The van der Waals surface area contributed by atoms with E-state index in [9.17, 15) is 34.6 Å². The van der Waals surface area contributed by atoms with E-state index in [4.69, 9.17) is 14.3 Å². The molecule has 0 saturated heterocycles. The Hall–Kier alpha value is -5.37. The van der Waals surface area contributed by atoms with E-state index in [0.29, 0.717) is 35.4 Å². The highest BCUT2D eigenvalue weighted by atomic mass is 19.1. The number of carbonyl (C=O) groups is 1. The molecule has 1 fully saturated rings.